The number of para-hydroxylation sites is 2. The molecule has 0 saturated heterocycles. The number of carbonyl (C=O) groups excluding carboxylic acids is 1. The number of amides is 1. The Morgan fingerprint density at radius 1 is 0.842 bits per heavy atom. The second kappa shape index (κ2) is 12.7. The summed E-state index contributed by atoms with van der Waals surface area (Å²) in [6.07, 6.45) is 4.84. The third kappa shape index (κ3) is 6.62. The van der Waals surface area contributed by atoms with Gasteiger partial charge in [-0.2, -0.15) is 0 Å². The predicted octanol–water partition coefficient (Wildman–Crippen LogP) is 7.56. The van der Waals surface area contributed by atoms with Gasteiger partial charge < -0.3 is 14.6 Å². The summed E-state index contributed by atoms with van der Waals surface area (Å²) in [6.45, 7) is 2.20. The number of aromatic nitrogens is 2. The van der Waals surface area contributed by atoms with E-state index in [9.17, 15) is 4.79 Å². The summed E-state index contributed by atoms with van der Waals surface area (Å²) in [5.41, 5.74) is 2.90. The van der Waals surface area contributed by atoms with Crippen molar-refractivity contribution in [3.63, 3.8) is 0 Å². The molecule has 5 aromatic rings. The molecule has 5 nitrogen and oxygen atoms in total. The van der Waals surface area contributed by atoms with Gasteiger partial charge in [-0.05, 0) is 78.6 Å². The lowest BCUT2D eigenvalue weighted by molar-refractivity contribution is 0.0953. The van der Waals surface area contributed by atoms with E-state index in [0.29, 0.717) is 18.7 Å². The minimum Gasteiger partial charge on any atom is -0.494 e. The number of carbonyl (C=O) groups is 1. The Morgan fingerprint density at radius 2 is 1.63 bits per heavy atom. The lowest BCUT2D eigenvalue weighted by Crippen LogP contribution is -2.24. The van der Waals surface area contributed by atoms with E-state index in [4.69, 9.17) is 9.72 Å². The Hall–Kier alpha value is -3.64. The quantitative estimate of drug-likeness (QED) is 0.158. The number of ether oxygens (including phenoxy) is 1. The molecule has 1 heterocycles. The summed E-state index contributed by atoms with van der Waals surface area (Å²) in [5.74, 6) is 2.01. The maximum atomic E-state index is 12.3. The highest BCUT2D eigenvalue weighted by Gasteiger charge is 2.11. The second-order valence-corrected chi connectivity index (χ2v) is 10.4. The van der Waals surface area contributed by atoms with Crippen LogP contribution in [0.25, 0.3) is 21.8 Å². The maximum Gasteiger partial charge on any atom is 0.251 e. The number of hydrogen-bond acceptors (Lipinski definition) is 3. The highest BCUT2D eigenvalue weighted by molar-refractivity contribution is 9.10. The largest absolute Gasteiger partial charge is 0.494 e. The molecule has 6 heteroatoms. The standard InChI is InChI=1S/C32H32BrN3O2/c33-27-17-14-25(15-18-27)32(37)34-20-7-1-2-13-31-35-29-11-5-6-12-30(29)36(31)21-8-22-38-28-19-16-24-9-3-4-10-26(24)23-28/h3-6,9-12,14-19,23H,1-2,7-8,13,20-22H2,(H,34,37). The first-order chi connectivity index (χ1) is 18.7. The number of nitrogens with zero attached hydrogens (tertiary/aromatic N) is 2. The highest BCUT2D eigenvalue weighted by Crippen LogP contribution is 2.22. The van der Waals surface area contributed by atoms with Crippen LogP contribution >= 0.6 is 15.9 Å². The number of halogens is 1. The van der Waals surface area contributed by atoms with Crippen LogP contribution in [0.15, 0.2) is 95.5 Å². The topological polar surface area (TPSA) is 56.2 Å². The van der Waals surface area contributed by atoms with Crippen molar-refractivity contribution >= 4 is 43.6 Å². The van der Waals surface area contributed by atoms with Gasteiger partial charge in [0.1, 0.15) is 11.6 Å². The van der Waals surface area contributed by atoms with Crippen molar-refractivity contribution in [3.8, 4) is 5.75 Å². The van der Waals surface area contributed by atoms with Crippen LogP contribution in [-0.4, -0.2) is 28.6 Å². The molecule has 0 aliphatic heterocycles. The van der Waals surface area contributed by atoms with E-state index >= 15 is 0 Å². The molecule has 0 spiro atoms. The monoisotopic (exact) mass is 569 g/mol. The number of rotatable bonds is 12. The summed E-state index contributed by atoms with van der Waals surface area (Å²) in [4.78, 5) is 17.2. The molecule has 194 valence electrons. The Kier molecular flexibility index (Phi) is 8.71. The zero-order chi connectivity index (χ0) is 26.2. The minimum absolute atomic E-state index is 0.0230. The number of nitrogens with one attached hydrogen (secondary N) is 1. The van der Waals surface area contributed by atoms with E-state index in [-0.39, 0.29) is 5.91 Å². The van der Waals surface area contributed by atoms with Crippen LogP contribution in [0.1, 0.15) is 41.9 Å². The fourth-order valence-corrected chi connectivity index (χ4v) is 4.99. The van der Waals surface area contributed by atoms with Crippen LogP contribution in [0.4, 0.5) is 0 Å². The van der Waals surface area contributed by atoms with Gasteiger partial charge in [-0.25, -0.2) is 4.98 Å². The molecule has 0 atom stereocenters. The first-order valence-corrected chi connectivity index (χ1v) is 14.1. The average Bonchev–Trinajstić information content (AvgIpc) is 3.30. The number of hydrogen-bond donors (Lipinski definition) is 1. The Balaban J connectivity index is 1.10. The number of unbranched alkanes of at least 4 members (excludes halogenated alkanes) is 2. The van der Waals surface area contributed by atoms with Gasteiger partial charge in [0, 0.05) is 29.5 Å². The highest BCUT2D eigenvalue weighted by atomic mass is 79.9. The number of imidazole rings is 1. The first-order valence-electron chi connectivity index (χ1n) is 13.3. The Bertz CT molecular complexity index is 1510. The predicted molar refractivity (Wildman–Crippen MR) is 158 cm³/mol. The van der Waals surface area contributed by atoms with Gasteiger partial charge in [0.05, 0.1) is 17.6 Å². The number of fused-ring (bicyclic) bond motifs is 2. The molecule has 0 radical (unpaired) electrons. The molecule has 5 rings (SSSR count). The van der Waals surface area contributed by atoms with E-state index in [1.807, 2.05) is 36.4 Å². The van der Waals surface area contributed by atoms with Gasteiger partial charge in [-0.15, -0.1) is 0 Å². The van der Waals surface area contributed by atoms with Gasteiger partial charge in [0.2, 0.25) is 0 Å². The van der Waals surface area contributed by atoms with Crippen LogP contribution < -0.4 is 10.1 Å². The summed E-state index contributed by atoms with van der Waals surface area (Å²) in [6, 6.07) is 30.4. The van der Waals surface area contributed by atoms with E-state index in [1.165, 1.54) is 16.3 Å². The number of benzene rings is 4. The molecular weight excluding hydrogens is 538 g/mol. The average molecular weight is 571 g/mol. The molecule has 1 aromatic heterocycles. The first kappa shape index (κ1) is 26.0. The molecule has 0 aliphatic rings. The van der Waals surface area contributed by atoms with E-state index in [0.717, 1.165) is 60.2 Å². The van der Waals surface area contributed by atoms with Crippen molar-refractivity contribution in [1.82, 2.24) is 14.9 Å². The lowest BCUT2D eigenvalue weighted by atomic mass is 10.1. The second-order valence-electron chi connectivity index (χ2n) is 9.45. The molecule has 0 fully saturated rings. The smallest absolute Gasteiger partial charge is 0.251 e. The van der Waals surface area contributed by atoms with Gasteiger partial charge in [0.25, 0.3) is 5.91 Å². The third-order valence-electron chi connectivity index (χ3n) is 6.72. The van der Waals surface area contributed by atoms with Crippen molar-refractivity contribution in [2.24, 2.45) is 0 Å². The Morgan fingerprint density at radius 3 is 2.50 bits per heavy atom. The molecule has 0 bridgehead atoms. The van der Waals surface area contributed by atoms with Crippen molar-refractivity contribution < 1.29 is 9.53 Å². The molecular formula is C32H32BrN3O2. The van der Waals surface area contributed by atoms with E-state index in [1.54, 1.807) is 0 Å². The fraction of sp³-hybridized carbons (Fsp3) is 0.250. The maximum absolute atomic E-state index is 12.3. The molecule has 0 aliphatic carbocycles. The normalized spacial score (nSPS) is 11.2. The lowest BCUT2D eigenvalue weighted by Gasteiger charge is -2.11. The van der Waals surface area contributed by atoms with E-state index < -0.39 is 0 Å². The summed E-state index contributed by atoms with van der Waals surface area (Å²) >= 11 is 3.40. The summed E-state index contributed by atoms with van der Waals surface area (Å²) < 4.78 is 9.39. The van der Waals surface area contributed by atoms with Gasteiger partial charge in [0.15, 0.2) is 0 Å². The SMILES string of the molecule is O=C(NCCCCCc1nc2ccccc2n1CCCOc1ccc2ccccc2c1)c1ccc(Br)cc1. The van der Waals surface area contributed by atoms with Crippen molar-refractivity contribution in [3.05, 3.63) is 107 Å². The van der Waals surface area contributed by atoms with E-state index in [2.05, 4.69) is 80.4 Å². The van der Waals surface area contributed by atoms with Crippen molar-refractivity contribution in [1.29, 1.82) is 0 Å². The third-order valence-corrected chi connectivity index (χ3v) is 7.25. The zero-order valence-corrected chi connectivity index (χ0v) is 23.0. The molecule has 0 unspecified atom stereocenters. The summed E-state index contributed by atoms with van der Waals surface area (Å²) in [7, 11) is 0. The minimum atomic E-state index is -0.0230. The molecule has 4 aromatic carbocycles. The molecule has 1 N–H and O–H groups in total. The van der Waals surface area contributed by atoms with Crippen LogP contribution in [0.2, 0.25) is 0 Å². The summed E-state index contributed by atoms with van der Waals surface area (Å²) in [5, 5.41) is 5.44. The molecule has 0 saturated carbocycles. The van der Waals surface area contributed by atoms with Crippen LogP contribution in [0.5, 0.6) is 5.75 Å². The van der Waals surface area contributed by atoms with Crippen LogP contribution in [-0.2, 0) is 13.0 Å². The van der Waals surface area contributed by atoms with Gasteiger partial charge in [-0.3, -0.25) is 4.79 Å². The number of aryl methyl sites for hydroxylation is 2. The molecule has 1 amide bonds. The fourth-order valence-electron chi connectivity index (χ4n) is 4.73. The molecule has 38 heavy (non-hydrogen) atoms. The van der Waals surface area contributed by atoms with Gasteiger partial charge >= 0.3 is 0 Å². The van der Waals surface area contributed by atoms with Crippen LogP contribution in [0, 0.1) is 0 Å². The van der Waals surface area contributed by atoms with Crippen molar-refractivity contribution in [2.75, 3.05) is 13.2 Å². The van der Waals surface area contributed by atoms with Crippen LogP contribution in [0.3, 0.4) is 0 Å². The van der Waals surface area contributed by atoms with Crippen molar-refractivity contribution in [2.45, 2.75) is 38.6 Å². The Labute approximate surface area is 232 Å². The van der Waals surface area contributed by atoms with Gasteiger partial charge in [-0.1, -0.05) is 64.8 Å². The zero-order valence-electron chi connectivity index (χ0n) is 21.4.